The molecule has 1 aromatic carbocycles. The highest BCUT2D eigenvalue weighted by Crippen LogP contribution is 2.12. The van der Waals surface area contributed by atoms with Gasteiger partial charge in [-0.15, -0.1) is 0 Å². The molecule has 0 atom stereocenters. The molecule has 0 aliphatic heterocycles. The van der Waals surface area contributed by atoms with Gasteiger partial charge in [-0.3, -0.25) is 4.99 Å². The fourth-order valence-corrected chi connectivity index (χ4v) is 1.90. The van der Waals surface area contributed by atoms with Gasteiger partial charge >= 0.3 is 5.63 Å². The number of nitrogens with zero attached hydrogens (tertiary/aromatic N) is 1. The minimum atomic E-state index is -0.443. The van der Waals surface area contributed by atoms with Gasteiger partial charge in [-0.2, -0.15) is 0 Å². The Hall–Kier alpha value is -2.61. The van der Waals surface area contributed by atoms with Gasteiger partial charge in [0.15, 0.2) is 5.96 Å². The van der Waals surface area contributed by atoms with Crippen LogP contribution in [0.25, 0.3) is 11.0 Å². The molecule has 0 saturated carbocycles. The molecule has 0 bridgehead atoms. The van der Waals surface area contributed by atoms with Crippen molar-refractivity contribution in [3.05, 3.63) is 46.3 Å². The van der Waals surface area contributed by atoms with E-state index in [2.05, 4.69) is 10.3 Å². The maximum atomic E-state index is 11.8. The second-order valence-corrected chi connectivity index (χ2v) is 4.78. The maximum absolute atomic E-state index is 11.8. The molecule has 5 N–H and O–H groups in total. The highest BCUT2D eigenvalue weighted by Gasteiger charge is 2.06. The summed E-state index contributed by atoms with van der Waals surface area (Å²) in [6, 6.07) is 8.98. The first-order chi connectivity index (χ1) is 10.6. The van der Waals surface area contributed by atoms with Gasteiger partial charge in [0.2, 0.25) is 0 Å². The zero-order valence-electron chi connectivity index (χ0n) is 11.7. The monoisotopic (exact) mass is 320 g/mol. The lowest BCUT2D eigenvalue weighted by Crippen LogP contribution is -2.29. The van der Waals surface area contributed by atoms with Crippen LogP contribution < -0.4 is 22.4 Å². The predicted molar refractivity (Wildman–Crippen MR) is 88.6 cm³/mol. The summed E-state index contributed by atoms with van der Waals surface area (Å²) in [5.74, 6) is 0.0161. The number of benzene rings is 1. The summed E-state index contributed by atoms with van der Waals surface area (Å²) in [6.07, 6.45) is 0. The van der Waals surface area contributed by atoms with Crippen LogP contribution in [0.1, 0.15) is 5.56 Å². The Morgan fingerprint density at radius 3 is 2.91 bits per heavy atom. The van der Waals surface area contributed by atoms with Gasteiger partial charge in [0, 0.05) is 11.9 Å². The third kappa shape index (κ3) is 4.45. The Morgan fingerprint density at radius 2 is 2.14 bits per heavy atom. The van der Waals surface area contributed by atoms with Crippen molar-refractivity contribution < 1.29 is 9.15 Å². The molecule has 0 radical (unpaired) electrons. The largest absolute Gasteiger partial charge is 0.466 e. The van der Waals surface area contributed by atoms with Crippen molar-refractivity contribution >= 4 is 34.3 Å². The average molecular weight is 320 g/mol. The minimum absolute atomic E-state index is 0.0161. The molecule has 2 aromatic rings. The summed E-state index contributed by atoms with van der Waals surface area (Å²) >= 11 is 4.99. The Kier molecular flexibility index (Phi) is 5.31. The normalized spacial score (nSPS) is 10.2. The fraction of sp³-hybridized carbons (Fsp3) is 0.214. The van der Waals surface area contributed by atoms with E-state index in [4.69, 9.17) is 32.8 Å². The summed E-state index contributed by atoms with van der Waals surface area (Å²) in [7, 11) is 0. The van der Waals surface area contributed by atoms with Crippen molar-refractivity contribution in [2.45, 2.75) is 6.61 Å². The molecule has 0 aliphatic carbocycles. The molecular weight excluding hydrogens is 304 g/mol. The highest BCUT2D eigenvalue weighted by molar-refractivity contribution is 7.80. The van der Waals surface area contributed by atoms with E-state index in [0.29, 0.717) is 24.2 Å². The van der Waals surface area contributed by atoms with Crippen molar-refractivity contribution in [1.29, 1.82) is 0 Å². The van der Waals surface area contributed by atoms with Gasteiger partial charge < -0.3 is 25.9 Å². The molecule has 1 aromatic heterocycles. The molecule has 0 unspecified atom stereocenters. The first-order valence-corrected chi connectivity index (χ1v) is 6.95. The Labute approximate surface area is 132 Å². The number of hydrogen-bond donors (Lipinski definition) is 3. The van der Waals surface area contributed by atoms with Crippen molar-refractivity contribution in [2.75, 3.05) is 13.1 Å². The van der Waals surface area contributed by atoms with E-state index in [1.807, 2.05) is 12.1 Å². The second-order valence-electron chi connectivity index (χ2n) is 4.41. The molecule has 2 rings (SSSR count). The zero-order valence-corrected chi connectivity index (χ0v) is 12.6. The molecular formula is C14H16N4O3S. The van der Waals surface area contributed by atoms with Gasteiger partial charge in [-0.05, 0) is 24.4 Å². The average Bonchev–Trinajstić information content (AvgIpc) is 2.49. The van der Waals surface area contributed by atoms with Crippen LogP contribution in [-0.2, 0) is 11.3 Å². The molecule has 0 spiro atoms. The third-order valence-electron chi connectivity index (χ3n) is 2.75. The molecule has 116 valence electrons. The van der Waals surface area contributed by atoms with E-state index in [0.717, 1.165) is 5.39 Å². The lowest BCUT2D eigenvalue weighted by Gasteiger charge is -2.08. The molecule has 1 heterocycles. The fourth-order valence-electron chi connectivity index (χ4n) is 1.74. The van der Waals surface area contributed by atoms with E-state index in [9.17, 15) is 4.79 Å². The number of thiocarbonyl (C=S) groups is 1. The second kappa shape index (κ2) is 7.41. The summed E-state index contributed by atoms with van der Waals surface area (Å²) in [4.78, 5) is 15.6. The standard InChI is InChI=1S/C14H16N4O3S/c15-13(16)17-5-6-18-14(22)20-8-10-7-9-3-1-2-4-11(9)21-12(10)19/h1-4,7H,5-6,8H2,(H,18,22)(H4,15,16,17). The van der Waals surface area contributed by atoms with E-state index in [1.54, 1.807) is 18.2 Å². The van der Waals surface area contributed by atoms with E-state index in [-0.39, 0.29) is 17.7 Å². The van der Waals surface area contributed by atoms with Gasteiger partial charge in [-0.1, -0.05) is 18.2 Å². The summed E-state index contributed by atoms with van der Waals surface area (Å²) in [5, 5.41) is 3.81. The molecule has 0 fully saturated rings. The Balaban J connectivity index is 1.91. The van der Waals surface area contributed by atoms with E-state index >= 15 is 0 Å². The molecule has 22 heavy (non-hydrogen) atoms. The summed E-state index contributed by atoms with van der Waals surface area (Å²) in [6.45, 7) is 0.842. The van der Waals surface area contributed by atoms with Gasteiger partial charge in [0.1, 0.15) is 12.2 Å². The lowest BCUT2D eigenvalue weighted by molar-refractivity contribution is 0.281. The van der Waals surface area contributed by atoms with Crippen LogP contribution in [0.2, 0.25) is 0 Å². The smallest absolute Gasteiger partial charge is 0.342 e. The first kappa shape index (κ1) is 15.8. The Bertz CT molecular complexity index is 753. The van der Waals surface area contributed by atoms with Gasteiger partial charge in [-0.25, -0.2) is 4.79 Å². The molecule has 8 heteroatoms. The van der Waals surface area contributed by atoms with Crippen LogP contribution in [0, 0.1) is 0 Å². The SMILES string of the molecule is NC(N)=NCCNC(=S)OCc1cc2ccccc2oc1=O. The maximum Gasteiger partial charge on any atom is 0.342 e. The number of nitrogens with two attached hydrogens (primary N) is 2. The quantitative estimate of drug-likeness (QED) is 0.241. The predicted octanol–water partition coefficient (Wildman–Crippen LogP) is 0.458. The lowest BCUT2D eigenvalue weighted by atomic mass is 10.2. The molecule has 7 nitrogen and oxygen atoms in total. The van der Waals surface area contributed by atoms with Crippen LogP contribution in [0.3, 0.4) is 0 Å². The Morgan fingerprint density at radius 1 is 1.36 bits per heavy atom. The highest BCUT2D eigenvalue weighted by atomic mass is 32.1. The van der Waals surface area contributed by atoms with Crippen LogP contribution in [0.4, 0.5) is 0 Å². The minimum Gasteiger partial charge on any atom is -0.466 e. The number of rotatable bonds is 5. The molecule has 0 saturated heterocycles. The number of aliphatic imine (C=N–C) groups is 1. The van der Waals surface area contributed by atoms with Crippen LogP contribution in [0.15, 0.2) is 44.5 Å². The number of hydrogen-bond acceptors (Lipinski definition) is 5. The molecule has 0 aliphatic rings. The van der Waals surface area contributed by atoms with E-state index < -0.39 is 5.63 Å². The number of guanidine groups is 1. The van der Waals surface area contributed by atoms with Crippen molar-refractivity contribution in [3.8, 4) is 0 Å². The van der Waals surface area contributed by atoms with E-state index in [1.165, 1.54) is 0 Å². The molecule has 0 amide bonds. The van der Waals surface area contributed by atoms with Crippen molar-refractivity contribution in [1.82, 2.24) is 5.32 Å². The van der Waals surface area contributed by atoms with Crippen LogP contribution in [-0.4, -0.2) is 24.2 Å². The number of ether oxygens (including phenoxy) is 1. The zero-order chi connectivity index (χ0) is 15.9. The van der Waals surface area contributed by atoms with Gasteiger partial charge in [0.25, 0.3) is 5.17 Å². The van der Waals surface area contributed by atoms with Crippen molar-refractivity contribution in [3.63, 3.8) is 0 Å². The topological polar surface area (TPSA) is 116 Å². The number of fused-ring (bicyclic) bond motifs is 1. The number of para-hydroxylation sites is 1. The number of nitrogens with one attached hydrogen (secondary N) is 1. The van der Waals surface area contributed by atoms with Crippen molar-refractivity contribution in [2.24, 2.45) is 16.5 Å². The first-order valence-electron chi connectivity index (χ1n) is 6.54. The van der Waals surface area contributed by atoms with Crippen LogP contribution in [0.5, 0.6) is 0 Å². The third-order valence-corrected chi connectivity index (χ3v) is 3.01. The summed E-state index contributed by atoms with van der Waals surface area (Å²) < 4.78 is 10.5. The summed E-state index contributed by atoms with van der Waals surface area (Å²) in [5.41, 5.74) is 10.9. The van der Waals surface area contributed by atoms with Crippen LogP contribution >= 0.6 is 12.2 Å². The van der Waals surface area contributed by atoms with Gasteiger partial charge in [0.05, 0.1) is 12.1 Å².